The lowest BCUT2D eigenvalue weighted by atomic mass is 10.1. The van der Waals surface area contributed by atoms with Gasteiger partial charge in [0.25, 0.3) is 0 Å². The molecule has 1 heteroatoms. The molecule has 0 bridgehead atoms. The van der Waals surface area contributed by atoms with Crippen molar-refractivity contribution in [1.82, 2.24) is 0 Å². The number of hydrogen-bond acceptors (Lipinski definition) is 0. The van der Waals surface area contributed by atoms with Gasteiger partial charge in [-0.3, -0.25) is 0 Å². The van der Waals surface area contributed by atoms with E-state index in [1.807, 2.05) is 6.07 Å². The fraction of sp³-hybridized carbons (Fsp3) is 0.273. The van der Waals surface area contributed by atoms with E-state index >= 15 is 0 Å². The summed E-state index contributed by atoms with van der Waals surface area (Å²) in [5.41, 5.74) is 1.63. The summed E-state index contributed by atoms with van der Waals surface area (Å²) in [6.45, 7) is 5.61. The Kier molecular flexibility index (Phi) is 3.03. The van der Waals surface area contributed by atoms with E-state index in [1.165, 1.54) is 6.08 Å². The molecule has 0 spiro atoms. The molecule has 0 amide bonds. The normalized spacial score (nSPS) is 9.83. The van der Waals surface area contributed by atoms with Crippen molar-refractivity contribution in [1.29, 1.82) is 0 Å². The SMILES string of the molecule is C=Cc1ccc(CCC)cc1F. The molecule has 0 atom stereocenters. The van der Waals surface area contributed by atoms with E-state index in [9.17, 15) is 4.39 Å². The summed E-state index contributed by atoms with van der Waals surface area (Å²) in [5.74, 6) is -0.170. The molecule has 0 fully saturated rings. The van der Waals surface area contributed by atoms with E-state index in [1.54, 1.807) is 12.1 Å². The maximum atomic E-state index is 13.1. The monoisotopic (exact) mass is 164 g/mol. The van der Waals surface area contributed by atoms with Crippen LogP contribution in [-0.2, 0) is 6.42 Å². The van der Waals surface area contributed by atoms with Gasteiger partial charge in [-0.2, -0.15) is 0 Å². The van der Waals surface area contributed by atoms with Crippen LogP contribution in [0.25, 0.3) is 6.08 Å². The van der Waals surface area contributed by atoms with E-state index in [2.05, 4.69) is 13.5 Å². The quantitative estimate of drug-likeness (QED) is 0.642. The van der Waals surface area contributed by atoms with Crippen LogP contribution < -0.4 is 0 Å². The van der Waals surface area contributed by atoms with Gasteiger partial charge < -0.3 is 0 Å². The lowest BCUT2D eigenvalue weighted by molar-refractivity contribution is 0.622. The molecule has 1 aromatic carbocycles. The molecular weight excluding hydrogens is 151 g/mol. The molecule has 0 unspecified atom stereocenters. The second kappa shape index (κ2) is 4.05. The first kappa shape index (κ1) is 8.98. The van der Waals surface area contributed by atoms with Crippen molar-refractivity contribution >= 4 is 6.08 Å². The average molecular weight is 164 g/mol. The summed E-state index contributed by atoms with van der Waals surface area (Å²) in [5, 5.41) is 0. The van der Waals surface area contributed by atoms with Crippen LogP contribution in [0.2, 0.25) is 0 Å². The van der Waals surface area contributed by atoms with Gasteiger partial charge in [0.05, 0.1) is 0 Å². The van der Waals surface area contributed by atoms with E-state index in [0.717, 1.165) is 18.4 Å². The van der Waals surface area contributed by atoms with E-state index in [4.69, 9.17) is 0 Å². The third-order valence-corrected chi connectivity index (χ3v) is 1.82. The molecule has 64 valence electrons. The van der Waals surface area contributed by atoms with Gasteiger partial charge in [-0.05, 0) is 18.1 Å². The lowest BCUT2D eigenvalue weighted by Gasteiger charge is -2.00. The van der Waals surface area contributed by atoms with Crippen molar-refractivity contribution in [3.05, 3.63) is 41.7 Å². The van der Waals surface area contributed by atoms with Gasteiger partial charge in [0.1, 0.15) is 5.82 Å². The van der Waals surface area contributed by atoms with Gasteiger partial charge in [0.2, 0.25) is 0 Å². The molecule has 12 heavy (non-hydrogen) atoms. The van der Waals surface area contributed by atoms with E-state index < -0.39 is 0 Å². The molecule has 0 aromatic heterocycles. The molecule has 0 N–H and O–H groups in total. The van der Waals surface area contributed by atoms with Gasteiger partial charge >= 0.3 is 0 Å². The minimum Gasteiger partial charge on any atom is -0.206 e. The molecule has 0 nitrogen and oxygen atoms in total. The molecule has 0 radical (unpaired) electrons. The Bertz CT molecular complexity index is 276. The van der Waals surface area contributed by atoms with Crippen LogP contribution in [0.4, 0.5) is 4.39 Å². The average Bonchev–Trinajstić information content (AvgIpc) is 2.05. The van der Waals surface area contributed by atoms with Crippen molar-refractivity contribution < 1.29 is 4.39 Å². The summed E-state index contributed by atoms with van der Waals surface area (Å²) in [6.07, 6.45) is 3.52. The molecule has 1 rings (SSSR count). The second-order valence-electron chi connectivity index (χ2n) is 2.81. The molecular formula is C11H13F. The smallest absolute Gasteiger partial charge is 0.130 e. The Balaban J connectivity index is 2.93. The van der Waals surface area contributed by atoms with Gasteiger partial charge in [-0.1, -0.05) is 38.1 Å². The van der Waals surface area contributed by atoms with Gasteiger partial charge in [0.15, 0.2) is 0 Å². The number of aryl methyl sites for hydroxylation is 1. The van der Waals surface area contributed by atoms with Crippen molar-refractivity contribution in [3.63, 3.8) is 0 Å². The Morgan fingerprint density at radius 1 is 1.50 bits per heavy atom. The Hall–Kier alpha value is -1.11. The molecule has 0 aliphatic rings. The zero-order chi connectivity index (χ0) is 8.97. The zero-order valence-corrected chi connectivity index (χ0v) is 7.31. The highest BCUT2D eigenvalue weighted by Gasteiger charge is 1.98. The minimum atomic E-state index is -0.170. The van der Waals surface area contributed by atoms with Crippen LogP contribution in [0.3, 0.4) is 0 Å². The minimum absolute atomic E-state index is 0.170. The fourth-order valence-electron chi connectivity index (χ4n) is 1.18. The van der Waals surface area contributed by atoms with Gasteiger partial charge in [0, 0.05) is 5.56 Å². The largest absolute Gasteiger partial charge is 0.206 e. The standard InChI is InChI=1S/C11H13F/c1-3-5-9-6-7-10(4-2)11(12)8-9/h4,6-8H,2-3,5H2,1H3. The Morgan fingerprint density at radius 2 is 2.25 bits per heavy atom. The first-order valence-electron chi connectivity index (χ1n) is 4.18. The van der Waals surface area contributed by atoms with Crippen molar-refractivity contribution in [2.24, 2.45) is 0 Å². The first-order valence-corrected chi connectivity index (χ1v) is 4.18. The number of hydrogen-bond donors (Lipinski definition) is 0. The summed E-state index contributed by atoms with van der Waals surface area (Å²) >= 11 is 0. The third kappa shape index (κ3) is 1.94. The first-order chi connectivity index (χ1) is 5.77. The second-order valence-corrected chi connectivity index (χ2v) is 2.81. The predicted molar refractivity (Wildman–Crippen MR) is 50.5 cm³/mol. The third-order valence-electron chi connectivity index (χ3n) is 1.82. The molecule has 1 aromatic rings. The molecule has 0 saturated heterocycles. The number of benzene rings is 1. The zero-order valence-electron chi connectivity index (χ0n) is 7.31. The number of rotatable bonds is 3. The van der Waals surface area contributed by atoms with E-state index in [-0.39, 0.29) is 5.82 Å². The maximum absolute atomic E-state index is 13.1. The molecule has 0 aliphatic carbocycles. The molecule has 0 saturated carbocycles. The fourth-order valence-corrected chi connectivity index (χ4v) is 1.18. The highest BCUT2D eigenvalue weighted by Crippen LogP contribution is 2.12. The van der Waals surface area contributed by atoms with Crippen molar-refractivity contribution in [2.75, 3.05) is 0 Å². The summed E-state index contributed by atoms with van der Waals surface area (Å²) in [6, 6.07) is 5.30. The van der Waals surface area contributed by atoms with Crippen LogP contribution >= 0.6 is 0 Å². The summed E-state index contributed by atoms with van der Waals surface area (Å²) < 4.78 is 13.1. The van der Waals surface area contributed by atoms with Crippen LogP contribution in [0.1, 0.15) is 24.5 Å². The summed E-state index contributed by atoms with van der Waals surface area (Å²) in [7, 11) is 0. The topological polar surface area (TPSA) is 0 Å². The van der Waals surface area contributed by atoms with Crippen LogP contribution in [0.5, 0.6) is 0 Å². The maximum Gasteiger partial charge on any atom is 0.130 e. The van der Waals surface area contributed by atoms with Crippen LogP contribution in [-0.4, -0.2) is 0 Å². The van der Waals surface area contributed by atoms with Crippen LogP contribution in [0.15, 0.2) is 24.8 Å². The van der Waals surface area contributed by atoms with Crippen LogP contribution in [0, 0.1) is 5.82 Å². The van der Waals surface area contributed by atoms with Crippen molar-refractivity contribution in [3.8, 4) is 0 Å². The number of halogens is 1. The van der Waals surface area contributed by atoms with Gasteiger partial charge in [-0.25, -0.2) is 4.39 Å². The predicted octanol–water partition coefficient (Wildman–Crippen LogP) is 3.42. The summed E-state index contributed by atoms with van der Waals surface area (Å²) in [4.78, 5) is 0. The highest BCUT2D eigenvalue weighted by molar-refractivity contribution is 5.48. The Labute approximate surface area is 72.7 Å². The van der Waals surface area contributed by atoms with Gasteiger partial charge in [-0.15, -0.1) is 0 Å². The molecule has 0 heterocycles. The van der Waals surface area contributed by atoms with E-state index in [0.29, 0.717) is 5.56 Å². The Morgan fingerprint density at radius 3 is 2.75 bits per heavy atom. The molecule has 0 aliphatic heterocycles. The highest BCUT2D eigenvalue weighted by atomic mass is 19.1. The lowest BCUT2D eigenvalue weighted by Crippen LogP contribution is -1.87. The van der Waals surface area contributed by atoms with Crippen molar-refractivity contribution in [2.45, 2.75) is 19.8 Å².